The summed E-state index contributed by atoms with van der Waals surface area (Å²) < 4.78 is 11.6. The van der Waals surface area contributed by atoms with Gasteiger partial charge < -0.3 is 19.9 Å². The normalized spacial score (nSPS) is 16.1. The molecule has 0 saturated carbocycles. The number of nitrogens with zero attached hydrogens (tertiary/aromatic N) is 4. The van der Waals surface area contributed by atoms with Gasteiger partial charge in [0.2, 0.25) is 5.90 Å². The highest BCUT2D eigenvalue weighted by Crippen LogP contribution is 2.29. The van der Waals surface area contributed by atoms with Crippen molar-refractivity contribution in [2.75, 3.05) is 26.4 Å². The van der Waals surface area contributed by atoms with Crippen molar-refractivity contribution in [3.8, 4) is 5.75 Å². The first kappa shape index (κ1) is 27.7. The standard InChI is InChI=1S/C30H33N5O4/c1-22-7-9-23(10-8-22)15-16-32-29(37)30(19-25-5-2-3-6-26(25)20-33-35-31)21-39-28(34-30)24-11-13-27(14-12-24)38-18-4-17-36/h2-3,5-14,36H,4,15-21H2,1H3,(H,32,37)/t30-/m1/s1. The van der Waals surface area contributed by atoms with Crippen LogP contribution in [0.4, 0.5) is 0 Å². The van der Waals surface area contributed by atoms with Gasteiger partial charge in [0.05, 0.1) is 13.2 Å². The number of aryl methyl sites for hydroxylation is 1. The Morgan fingerprint density at radius 2 is 1.87 bits per heavy atom. The maximum Gasteiger partial charge on any atom is 0.251 e. The van der Waals surface area contributed by atoms with Crippen LogP contribution in [0.2, 0.25) is 0 Å². The third-order valence-electron chi connectivity index (χ3n) is 6.58. The molecule has 39 heavy (non-hydrogen) atoms. The van der Waals surface area contributed by atoms with Crippen molar-refractivity contribution < 1.29 is 19.4 Å². The molecule has 0 spiro atoms. The number of hydrogen-bond donors (Lipinski definition) is 2. The minimum Gasteiger partial charge on any atom is -0.494 e. The number of ether oxygens (including phenoxy) is 2. The lowest BCUT2D eigenvalue weighted by molar-refractivity contribution is -0.126. The van der Waals surface area contributed by atoms with Gasteiger partial charge in [0.1, 0.15) is 12.4 Å². The molecule has 0 fully saturated rings. The molecule has 0 aliphatic carbocycles. The zero-order valence-corrected chi connectivity index (χ0v) is 22.0. The Bertz CT molecular complexity index is 1330. The van der Waals surface area contributed by atoms with Crippen LogP contribution >= 0.6 is 0 Å². The van der Waals surface area contributed by atoms with Crippen molar-refractivity contribution in [2.24, 2.45) is 10.1 Å². The summed E-state index contributed by atoms with van der Waals surface area (Å²) in [5.41, 5.74) is 12.4. The van der Waals surface area contributed by atoms with Gasteiger partial charge in [0.15, 0.2) is 5.54 Å². The fourth-order valence-corrected chi connectivity index (χ4v) is 4.38. The van der Waals surface area contributed by atoms with Gasteiger partial charge in [-0.05, 0) is 59.8 Å². The number of aliphatic hydroxyl groups excluding tert-OH is 1. The Balaban J connectivity index is 1.56. The number of carbonyl (C=O) groups is 1. The predicted octanol–water partition coefficient (Wildman–Crippen LogP) is 4.68. The molecule has 202 valence electrons. The van der Waals surface area contributed by atoms with Crippen LogP contribution < -0.4 is 10.1 Å². The number of carbonyl (C=O) groups excluding carboxylic acids is 1. The number of aliphatic hydroxyl groups is 1. The second-order valence-electron chi connectivity index (χ2n) is 9.51. The third kappa shape index (κ3) is 7.37. The summed E-state index contributed by atoms with van der Waals surface area (Å²) in [6.45, 7) is 3.28. The number of nitrogens with one attached hydrogen (secondary N) is 1. The third-order valence-corrected chi connectivity index (χ3v) is 6.58. The van der Waals surface area contributed by atoms with Gasteiger partial charge in [0, 0.05) is 36.5 Å². The lowest BCUT2D eigenvalue weighted by Gasteiger charge is -2.24. The second-order valence-corrected chi connectivity index (χ2v) is 9.51. The molecule has 0 aromatic heterocycles. The monoisotopic (exact) mass is 527 g/mol. The molecular weight excluding hydrogens is 494 g/mol. The average molecular weight is 528 g/mol. The minimum absolute atomic E-state index is 0.0733. The van der Waals surface area contributed by atoms with Gasteiger partial charge in [-0.15, -0.1) is 0 Å². The summed E-state index contributed by atoms with van der Waals surface area (Å²) in [4.78, 5) is 21.4. The lowest BCUT2D eigenvalue weighted by Crippen LogP contribution is -2.49. The Hall–Kier alpha value is -4.33. The zero-order chi connectivity index (χ0) is 27.5. The van der Waals surface area contributed by atoms with Gasteiger partial charge in [-0.3, -0.25) is 4.79 Å². The molecule has 0 bridgehead atoms. The first-order chi connectivity index (χ1) is 19.0. The van der Waals surface area contributed by atoms with Gasteiger partial charge >= 0.3 is 0 Å². The van der Waals surface area contributed by atoms with E-state index in [0.29, 0.717) is 44.1 Å². The predicted molar refractivity (Wildman–Crippen MR) is 150 cm³/mol. The van der Waals surface area contributed by atoms with Crippen LogP contribution in [0.3, 0.4) is 0 Å². The maximum absolute atomic E-state index is 13.7. The van der Waals surface area contributed by atoms with E-state index >= 15 is 0 Å². The Morgan fingerprint density at radius 3 is 2.59 bits per heavy atom. The van der Waals surface area contributed by atoms with Crippen molar-refractivity contribution in [1.29, 1.82) is 0 Å². The van der Waals surface area contributed by atoms with E-state index in [4.69, 9.17) is 25.1 Å². The molecule has 1 amide bonds. The highest BCUT2D eigenvalue weighted by atomic mass is 16.5. The smallest absolute Gasteiger partial charge is 0.251 e. The molecule has 3 aromatic carbocycles. The van der Waals surface area contributed by atoms with E-state index in [0.717, 1.165) is 22.3 Å². The molecule has 1 atom stereocenters. The Kier molecular flexibility index (Phi) is 9.56. The van der Waals surface area contributed by atoms with Crippen LogP contribution in [-0.2, 0) is 28.9 Å². The molecule has 0 radical (unpaired) electrons. The van der Waals surface area contributed by atoms with Crippen molar-refractivity contribution in [3.63, 3.8) is 0 Å². The second kappa shape index (κ2) is 13.5. The van der Waals surface area contributed by atoms with Gasteiger partial charge in [-0.2, -0.15) is 0 Å². The van der Waals surface area contributed by atoms with Crippen LogP contribution in [0.1, 0.15) is 34.2 Å². The summed E-state index contributed by atoms with van der Waals surface area (Å²) in [6, 6.07) is 23.2. The van der Waals surface area contributed by atoms with Crippen LogP contribution in [0.25, 0.3) is 10.4 Å². The van der Waals surface area contributed by atoms with E-state index in [1.165, 1.54) is 5.56 Å². The molecular formula is C30H33N5O4. The number of rotatable bonds is 13. The topological polar surface area (TPSA) is 129 Å². The highest BCUT2D eigenvalue weighted by molar-refractivity contribution is 6.00. The number of amides is 1. The number of azide groups is 1. The van der Waals surface area contributed by atoms with Crippen molar-refractivity contribution >= 4 is 11.8 Å². The molecule has 0 saturated heterocycles. The molecule has 4 rings (SSSR count). The quantitative estimate of drug-likeness (QED) is 0.145. The summed E-state index contributed by atoms with van der Waals surface area (Å²) >= 11 is 0. The fourth-order valence-electron chi connectivity index (χ4n) is 4.38. The minimum atomic E-state index is -1.18. The number of aliphatic imine (C=N–C) groups is 1. The van der Waals surface area contributed by atoms with Crippen molar-refractivity contribution in [3.05, 3.63) is 111 Å². The van der Waals surface area contributed by atoms with E-state index < -0.39 is 5.54 Å². The van der Waals surface area contributed by atoms with Crippen LogP contribution in [0.15, 0.2) is 82.9 Å². The molecule has 0 unspecified atom stereocenters. The Morgan fingerprint density at radius 1 is 1.13 bits per heavy atom. The molecule has 3 aromatic rings. The number of benzene rings is 3. The molecule has 1 heterocycles. The summed E-state index contributed by atoms with van der Waals surface area (Å²) in [6.07, 6.45) is 1.55. The summed E-state index contributed by atoms with van der Waals surface area (Å²) in [5, 5.41) is 15.7. The first-order valence-corrected chi connectivity index (χ1v) is 13.0. The average Bonchev–Trinajstić information content (AvgIpc) is 3.39. The van der Waals surface area contributed by atoms with Gasteiger partial charge in [-0.1, -0.05) is 59.2 Å². The van der Waals surface area contributed by atoms with E-state index in [-0.39, 0.29) is 25.7 Å². The van der Waals surface area contributed by atoms with E-state index in [9.17, 15) is 4.79 Å². The fraction of sp³-hybridized carbons (Fsp3) is 0.333. The maximum atomic E-state index is 13.7. The lowest BCUT2D eigenvalue weighted by atomic mass is 9.89. The van der Waals surface area contributed by atoms with Crippen LogP contribution in [0.5, 0.6) is 5.75 Å². The highest BCUT2D eigenvalue weighted by Gasteiger charge is 2.44. The summed E-state index contributed by atoms with van der Waals surface area (Å²) in [5.74, 6) is 0.850. The first-order valence-electron chi connectivity index (χ1n) is 13.0. The van der Waals surface area contributed by atoms with Crippen LogP contribution in [0, 0.1) is 6.92 Å². The van der Waals surface area contributed by atoms with E-state index in [1.807, 2.05) is 55.5 Å². The van der Waals surface area contributed by atoms with Gasteiger partial charge in [-0.25, -0.2) is 4.99 Å². The number of hydrogen-bond acceptors (Lipinski definition) is 6. The molecule has 9 heteroatoms. The zero-order valence-electron chi connectivity index (χ0n) is 22.0. The van der Waals surface area contributed by atoms with Gasteiger partial charge in [0.25, 0.3) is 5.91 Å². The van der Waals surface area contributed by atoms with Crippen LogP contribution in [-0.4, -0.2) is 48.8 Å². The van der Waals surface area contributed by atoms with Crippen molar-refractivity contribution in [1.82, 2.24) is 5.32 Å². The molecule has 1 aliphatic rings. The van der Waals surface area contributed by atoms with E-state index in [2.05, 4.69) is 39.6 Å². The molecule has 9 nitrogen and oxygen atoms in total. The largest absolute Gasteiger partial charge is 0.494 e. The Labute approximate surface area is 228 Å². The summed E-state index contributed by atoms with van der Waals surface area (Å²) in [7, 11) is 0. The van der Waals surface area contributed by atoms with Crippen molar-refractivity contribution in [2.45, 2.75) is 38.3 Å². The van der Waals surface area contributed by atoms with E-state index in [1.54, 1.807) is 0 Å². The molecule has 1 aliphatic heterocycles. The SMILES string of the molecule is Cc1ccc(CCNC(=O)[C@@]2(Cc3ccccc3CN=[N+]=[N-])COC(c3ccc(OCCCO)cc3)=N2)cc1. The molecule has 2 N–H and O–H groups in total.